The van der Waals surface area contributed by atoms with Crippen LogP contribution in [0.3, 0.4) is 0 Å². The molecule has 0 amide bonds. The van der Waals surface area contributed by atoms with Gasteiger partial charge < -0.3 is 4.52 Å². The van der Waals surface area contributed by atoms with Gasteiger partial charge in [0.2, 0.25) is 0 Å². The zero-order chi connectivity index (χ0) is 11.7. The number of thioether (sulfide) groups is 1. The fourth-order valence-electron chi connectivity index (χ4n) is 1.65. The molecule has 0 unspecified atom stereocenters. The highest BCUT2D eigenvalue weighted by Crippen LogP contribution is 2.22. The Morgan fingerprint density at radius 2 is 2.35 bits per heavy atom. The summed E-state index contributed by atoms with van der Waals surface area (Å²) in [7, 11) is 0. The average molecular weight is 245 g/mol. The van der Waals surface area contributed by atoms with Gasteiger partial charge >= 0.3 is 0 Å². The lowest BCUT2D eigenvalue weighted by atomic mass is 10.4. The minimum Gasteiger partial charge on any atom is -0.361 e. The van der Waals surface area contributed by atoms with Gasteiger partial charge in [-0.2, -0.15) is 0 Å². The minimum absolute atomic E-state index is 0.769. The first-order valence-electron chi connectivity index (χ1n) is 5.30. The van der Waals surface area contributed by atoms with Gasteiger partial charge in [0.25, 0.3) is 0 Å². The molecular formula is C12H11N3OS. The summed E-state index contributed by atoms with van der Waals surface area (Å²) >= 11 is 1.65. The van der Waals surface area contributed by atoms with Crippen molar-refractivity contribution in [2.45, 2.75) is 17.8 Å². The molecule has 0 atom stereocenters. The normalized spacial score (nSPS) is 11.1. The number of hydrogen-bond acceptors (Lipinski definition) is 4. The van der Waals surface area contributed by atoms with Crippen LogP contribution in [0.2, 0.25) is 0 Å². The van der Waals surface area contributed by atoms with Crippen molar-refractivity contribution in [2.75, 3.05) is 0 Å². The predicted octanol–water partition coefficient (Wildman–Crippen LogP) is 2.92. The Bertz CT molecular complexity index is 644. The summed E-state index contributed by atoms with van der Waals surface area (Å²) in [5, 5.41) is 4.94. The van der Waals surface area contributed by atoms with Crippen LogP contribution in [-0.4, -0.2) is 14.5 Å². The van der Waals surface area contributed by atoms with Crippen molar-refractivity contribution in [1.29, 1.82) is 0 Å². The van der Waals surface area contributed by atoms with Crippen molar-refractivity contribution in [1.82, 2.24) is 14.5 Å². The van der Waals surface area contributed by atoms with E-state index in [1.165, 1.54) is 0 Å². The monoisotopic (exact) mass is 245 g/mol. The fraction of sp³-hybridized carbons (Fsp3) is 0.167. The lowest BCUT2D eigenvalue weighted by molar-refractivity contribution is 0.393. The zero-order valence-electron chi connectivity index (χ0n) is 9.33. The molecule has 4 nitrogen and oxygen atoms in total. The molecule has 0 aromatic carbocycles. The number of aryl methyl sites for hydroxylation is 1. The fourth-order valence-corrected chi connectivity index (χ4v) is 2.50. The van der Waals surface area contributed by atoms with Crippen LogP contribution in [0.4, 0.5) is 0 Å². The third kappa shape index (κ3) is 2.06. The zero-order valence-corrected chi connectivity index (χ0v) is 10.1. The van der Waals surface area contributed by atoms with E-state index < -0.39 is 0 Å². The van der Waals surface area contributed by atoms with Gasteiger partial charge in [-0.3, -0.25) is 4.40 Å². The quantitative estimate of drug-likeness (QED) is 0.665. The predicted molar refractivity (Wildman–Crippen MR) is 66.0 cm³/mol. The van der Waals surface area contributed by atoms with E-state index in [0.29, 0.717) is 0 Å². The summed E-state index contributed by atoms with van der Waals surface area (Å²) in [6.45, 7) is 1.89. The smallest absolute Gasteiger partial charge is 0.172 e. The van der Waals surface area contributed by atoms with Gasteiger partial charge in [-0.25, -0.2) is 4.98 Å². The Morgan fingerprint density at radius 1 is 1.41 bits per heavy atom. The largest absolute Gasteiger partial charge is 0.361 e. The van der Waals surface area contributed by atoms with Crippen LogP contribution >= 0.6 is 11.8 Å². The summed E-state index contributed by atoms with van der Waals surface area (Å²) in [6.07, 6.45) is 3.88. The highest BCUT2D eigenvalue weighted by molar-refractivity contribution is 7.98. The van der Waals surface area contributed by atoms with Gasteiger partial charge in [0.05, 0.1) is 17.4 Å². The molecule has 0 saturated heterocycles. The number of nitrogens with zero attached hydrogens (tertiary/aromatic N) is 3. The molecular weight excluding hydrogens is 234 g/mol. The molecule has 17 heavy (non-hydrogen) atoms. The molecule has 3 rings (SSSR count). The second-order valence-corrected chi connectivity index (χ2v) is 4.70. The van der Waals surface area contributed by atoms with Crippen LogP contribution in [-0.2, 0) is 5.75 Å². The van der Waals surface area contributed by atoms with E-state index in [4.69, 9.17) is 4.52 Å². The first-order chi connectivity index (χ1) is 8.33. The Kier molecular flexibility index (Phi) is 2.60. The van der Waals surface area contributed by atoms with E-state index in [9.17, 15) is 0 Å². The third-order valence-electron chi connectivity index (χ3n) is 2.43. The summed E-state index contributed by atoms with van der Waals surface area (Å²) < 4.78 is 7.10. The number of pyridine rings is 1. The van der Waals surface area contributed by atoms with Gasteiger partial charge in [0, 0.05) is 18.0 Å². The molecule has 0 aliphatic rings. The molecule has 0 N–H and O–H groups in total. The summed E-state index contributed by atoms with van der Waals surface area (Å²) in [4.78, 5) is 4.38. The molecule has 86 valence electrons. The van der Waals surface area contributed by atoms with Crippen molar-refractivity contribution < 1.29 is 4.52 Å². The Hall–Kier alpha value is -1.75. The van der Waals surface area contributed by atoms with Crippen LogP contribution < -0.4 is 0 Å². The molecule has 3 aromatic heterocycles. The van der Waals surface area contributed by atoms with Gasteiger partial charge in [0.1, 0.15) is 5.76 Å². The standard InChI is InChI=1S/C12H11N3OS/c1-9-6-10(14-16-9)8-17-12-13-7-11-4-2-3-5-15(11)12/h2-7H,8H2,1H3. The van der Waals surface area contributed by atoms with Crippen molar-refractivity contribution >= 4 is 17.3 Å². The Morgan fingerprint density at radius 3 is 3.18 bits per heavy atom. The van der Waals surface area contributed by atoms with Crippen molar-refractivity contribution in [3.05, 3.63) is 48.1 Å². The van der Waals surface area contributed by atoms with Crippen molar-refractivity contribution in [3.63, 3.8) is 0 Å². The molecule has 0 aliphatic heterocycles. The summed E-state index contributed by atoms with van der Waals surface area (Å²) in [6, 6.07) is 7.99. The highest BCUT2D eigenvalue weighted by Gasteiger charge is 2.06. The number of imidazole rings is 1. The third-order valence-corrected chi connectivity index (χ3v) is 3.43. The van der Waals surface area contributed by atoms with Crippen LogP contribution in [0.1, 0.15) is 11.5 Å². The van der Waals surface area contributed by atoms with E-state index in [2.05, 4.69) is 14.5 Å². The van der Waals surface area contributed by atoms with Crippen LogP contribution in [0, 0.1) is 6.92 Å². The lowest BCUT2D eigenvalue weighted by Gasteiger charge is -1.98. The summed E-state index contributed by atoms with van der Waals surface area (Å²) in [5.74, 6) is 1.61. The van der Waals surface area contributed by atoms with E-state index in [1.807, 2.05) is 43.6 Å². The molecule has 0 spiro atoms. The number of hydrogen-bond donors (Lipinski definition) is 0. The SMILES string of the molecule is Cc1cc(CSc2ncc3ccccn23)no1. The Balaban J connectivity index is 1.81. The molecule has 0 bridgehead atoms. The molecule has 0 aliphatic carbocycles. The maximum absolute atomic E-state index is 5.03. The topological polar surface area (TPSA) is 43.3 Å². The highest BCUT2D eigenvalue weighted by atomic mass is 32.2. The van der Waals surface area contributed by atoms with Gasteiger partial charge in [-0.1, -0.05) is 23.0 Å². The van der Waals surface area contributed by atoms with Gasteiger partial charge in [-0.15, -0.1) is 0 Å². The maximum Gasteiger partial charge on any atom is 0.172 e. The minimum atomic E-state index is 0.769. The van der Waals surface area contributed by atoms with Crippen molar-refractivity contribution in [2.24, 2.45) is 0 Å². The Labute approximate surface area is 103 Å². The molecule has 3 aromatic rings. The molecule has 0 radical (unpaired) electrons. The molecule has 0 fully saturated rings. The first-order valence-corrected chi connectivity index (χ1v) is 6.28. The maximum atomic E-state index is 5.03. The van der Waals surface area contributed by atoms with Gasteiger partial charge in [0.15, 0.2) is 5.16 Å². The van der Waals surface area contributed by atoms with Crippen LogP contribution in [0.15, 0.2) is 46.3 Å². The van der Waals surface area contributed by atoms with E-state index in [-0.39, 0.29) is 0 Å². The average Bonchev–Trinajstić information content (AvgIpc) is 2.93. The number of rotatable bonds is 3. The van der Waals surface area contributed by atoms with Crippen molar-refractivity contribution in [3.8, 4) is 0 Å². The van der Waals surface area contributed by atoms with E-state index in [0.717, 1.165) is 27.9 Å². The van der Waals surface area contributed by atoms with Gasteiger partial charge in [-0.05, 0) is 19.1 Å². The second kappa shape index (κ2) is 4.25. The lowest BCUT2D eigenvalue weighted by Crippen LogP contribution is -1.87. The van der Waals surface area contributed by atoms with E-state index in [1.54, 1.807) is 11.8 Å². The summed E-state index contributed by atoms with van der Waals surface area (Å²) in [5.41, 5.74) is 2.05. The van der Waals surface area contributed by atoms with Crippen LogP contribution in [0.5, 0.6) is 0 Å². The molecule has 5 heteroatoms. The number of aromatic nitrogens is 3. The van der Waals surface area contributed by atoms with Crippen LogP contribution in [0.25, 0.3) is 5.52 Å². The molecule has 0 saturated carbocycles. The number of fused-ring (bicyclic) bond motifs is 1. The first kappa shape index (κ1) is 10.4. The molecule has 3 heterocycles. The second-order valence-electron chi connectivity index (χ2n) is 3.75. The van der Waals surface area contributed by atoms with E-state index >= 15 is 0 Å².